The predicted octanol–water partition coefficient (Wildman–Crippen LogP) is -4.33. The summed E-state index contributed by atoms with van der Waals surface area (Å²) in [6, 6.07) is 0. The molecule has 10 atom stereocenters. The van der Waals surface area contributed by atoms with E-state index in [0.717, 1.165) is 0 Å². The molecule has 10 heteroatoms. The SMILES string of the molecule is C[C@H]1OC(CO)[C@H](O[C@H]2OC(CO)[C@@H](O)[C@H](O)C2O)[C@H](O)C1O. The molecule has 0 bridgehead atoms. The van der Waals surface area contributed by atoms with Gasteiger partial charge in [0.2, 0.25) is 0 Å². The third kappa shape index (κ3) is 3.66. The maximum absolute atomic E-state index is 10.1. The molecule has 4 unspecified atom stereocenters. The van der Waals surface area contributed by atoms with E-state index in [4.69, 9.17) is 19.3 Å². The van der Waals surface area contributed by atoms with Gasteiger partial charge in [0, 0.05) is 0 Å². The second kappa shape index (κ2) is 7.66. The quantitative estimate of drug-likeness (QED) is 0.265. The van der Waals surface area contributed by atoms with Gasteiger partial charge in [0.25, 0.3) is 0 Å². The number of hydrogen-bond acceptors (Lipinski definition) is 10. The second-order valence-electron chi connectivity index (χ2n) is 5.84. The topological polar surface area (TPSA) is 169 Å². The molecule has 2 saturated heterocycles. The van der Waals surface area contributed by atoms with Gasteiger partial charge in [-0.3, -0.25) is 0 Å². The number of hydrogen-bond donors (Lipinski definition) is 7. The number of rotatable bonds is 4. The summed E-state index contributed by atoms with van der Waals surface area (Å²) in [5.74, 6) is 0. The summed E-state index contributed by atoms with van der Waals surface area (Å²) in [6.45, 7) is 0.369. The van der Waals surface area contributed by atoms with Gasteiger partial charge in [0.1, 0.15) is 48.8 Å². The van der Waals surface area contributed by atoms with Gasteiger partial charge in [0.05, 0.1) is 19.3 Å². The molecule has 0 aromatic rings. The fraction of sp³-hybridized carbons (Fsp3) is 1.00. The van der Waals surface area contributed by atoms with Crippen LogP contribution in [-0.2, 0) is 14.2 Å². The second-order valence-corrected chi connectivity index (χ2v) is 5.84. The summed E-state index contributed by atoms with van der Waals surface area (Å²) < 4.78 is 15.9. The molecule has 0 radical (unpaired) electrons. The van der Waals surface area contributed by atoms with E-state index in [0.29, 0.717) is 0 Å². The molecule has 23 heavy (non-hydrogen) atoms. The minimum absolute atomic E-state index is 0.518. The normalized spacial score (nSPS) is 51.7. The van der Waals surface area contributed by atoms with Crippen LogP contribution in [0, 0.1) is 0 Å². The minimum Gasteiger partial charge on any atom is -0.394 e. The van der Waals surface area contributed by atoms with Gasteiger partial charge in [-0.25, -0.2) is 0 Å². The third-order valence-electron chi connectivity index (χ3n) is 4.24. The van der Waals surface area contributed by atoms with Crippen molar-refractivity contribution < 1.29 is 50.0 Å². The average molecular weight is 340 g/mol. The monoisotopic (exact) mass is 340 g/mol. The Morgan fingerprint density at radius 3 is 1.91 bits per heavy atom. The molecule has 10 nitrogen and oxygen atoms in total. The summed E-state index contributed by atoms with van der Waals surface area (Å²) in [5.41, 5.74) is 0. The van der Waals surface area contributed by atoms with Crippen LogP contribution in [0.15, 0.2) is 0 Å². The summed E-state index contributed by atoms with van der Waals surface area (Å²) in [7, 11) is 0. The van der Waals surface area contributed by atoms with Crippen LogP contribution in [0.25, 0.3) is 0 Å². The van der Waals surface area contributed by atoms with Crippen LogP contribution >= 0.6 is 0 Å². The van der Waals surface area contributed by atoms with Crippen molar-refractivity contribution in [2.45, 2.75) is 68.1 Å². The first kappa shape index (κ1) is 18.9. The summed E-state index contributed by atoms with van der Waals surface area (Å²) in [4.78, 5) is 0. The Balaban J connectivity index is 2.11. The Bertz CT molecular complexity index is 378. The molecular formula is C13H24O10. The zero-order valence-electron chi connectivity index (χ0n) is 12.5. The summed E-state index contributed by atoms with van der Waals surface area (Å²) in [5, 5.41) is 67.8. The summed E-state index contributed by atoms with van der Waals surface area (Å²) in [6.07, 6.45) is -13.2. The highest BCUT2D eigenvalue weighted by Gasteiger charge is 2.49. The van der Waals surface area contributed by atoms with Crippen LogP contribution in [-0.4, -0.2) is 110 Å². The lowest BCUT2D eigenvalue weighted by atomic mass is 9.95. The first-order valence-electron chi connectivity index (χ1n) is 7.40. The fourth-order valence-corrected chi connectivity index (χ4v) is 2.78. The fourth-order valence-electron chi connectivity index (χ4n) is 2.78. The highest BCUT2D eigenvalue weighted by Crippen LogP contribution is 2.28. The molecule has 2 fully saturated rings. The van der Waals surface area contributed by atoms with Crippen LogP contribution in [0.1, 0.15) is 6.92 Å². The van der Waals surface area contributed by atoms with E-state index < -0.39 is 74.4 Å². The Morgan fingerprint density at radius 2 is 1.35 bits per heavy atom. The molecule has 136 valence electrons. The molecule has 0 aromatic heterocycles. The lowest BCUT2D eigenvalue weighted by Gasteiger charge is -2.45. The minimum atomic E-state index is -1.66. The van der Waals surface area contributed by atoms with Crippen molar-refractivity contribution in [1.29, 1.82) is 0 Å². The van der Waals surface area contributed by atoms with Crippen molar-refractivity contribution in [3.05, 3.63) is 0 Å². The number of ether oxygens (including phenoxy) is 3. The van der Waals surface area contributed by atoms with E-state index in [1.165, 1.54) is 6.92 Å². The first-order valence-corrected chi connectivity index (χ1v) is 7.40. The van der Waals surface area contributed by atoms with Crippen molar-refractivity contribution in [2.75, 3.05) is 13.2 Å². The molecule has 7 N–H and O–H groups in total. The zero-order chi connectivity index (χ0) is 17.3. The Kier molecular flexibility index (Phi) is 6.30. The molecule has 2 heterocycles. The van der Waals surface area contributed by atoms with Crippen molar-refractivity contribution in [3.63, 3.8) is 0 Å². The van der Waals surface area contributed by atoms with E-state index in [-0.39, 0.29) is 0 Å². The highest BCUT2D eigenvalue weighted by atomic mass is 16.7. The zero-order valence-corrected chi connectivity index (χ0v) is 12.5. The van der Waals surface area contributed by atoms with Gasteiger partial charge < -0.3 is 50.0 Å². The van der Waals surface area contributed by atoms with Crippen molar-refractivity contribution in [1.82, 2.24) is 0 Å². The number of aliphatic hydroxyl groups excluding tert-OH is 7. The lowest BCUT2D eigenvalue weighted by molar-refractivity contribution is -0.341. The molecule has 0 saturated carbocycles. The van der Waals surface area contributed by atoms with Crippen molar-refractivity contribution >= 4 is 0 Å². The van der Waals surface area contributed by atoms with E-state index in [9.17, 15) is 30.6 Å². The lowest BCUT2D eigenvalue weighted by Crippen LogP contribution is -2.64. The van der Waals surface area contributed by atoms with Crippen LogP contribution in [0.3, 0.4) is 0 Å². The molecule has 2 aliphatic heterocycles. The predicted molar refractivity (Wildman–Crippen MR) is 72.1 cm³/mol. The van der Waals surface area contributed by atoms with Gasteiger partial charge in [0.15, 0.2) is 6.29 Å². The van der Waals surface area contributed by atoms with Crippen LogP contribution in [0.2, 0.25) is 0 Å². The highest BCUT2D eigenvalue weighted by molar-refractivity contribution is 4.94. The summed E-state index contributed by atoms with van der Waals surface area (Å²) >= 11 is 0. The number of aliphatic hydroxyl groups is 7. The molecule has 0 amide bonds. The maximum atomic E-state index is 10.1. The van der Waals surface area contributed by atoms with E-state index in [2.05, 4.69) is 0 Å². The van der Waals surface area contributed by atoms with Gasteiger partial charge in [-0.05, 0) is 6.92 Å². The largest absolute Gasteiger partial charge is 0.394 e. The van der Waals surface area contributed by atoms with Crippen LogP contribution in [0.4, 0.5) is 0 Å². The smallest absolute Gasteiger partial charge is 0.187 e. The van der Waals surface area contributed by atoms with E-state index in [1.807, 2.05) is 0 Å². The molecular weight excluding hydrogens is 316 g/mol. The third-order valence-corrected chi connectivity index (χ3v) is 4.24. The van der Waals surface area contributed by atoms with E-state index >= 15 is 0 Å². The van der Waals surface area contributed by atoms with Crippen molar-refractivity contribution in [3.8, 4) is 0 Å². The molecule has 2 aliphatic rings. The van der Waals surface area contributed by atoms with Gasteiger partial charge in [-0.1, -0.05) is 0 Å². The van der Waals surface area contributed by atoms with Gasteiger partial charge in [-0.15, -0.1) is 0 Å². The van der Waals surface area contributed by atoms with Crippen LogP contribution < -0.4 is 0 Å². The van der Waals surface area contributed by atoms with Crippen molar-refractivity contribution in [2.24, 2.45) is 0 Å². The Morgan fingerprint density at radius 1 is 0.739 bits per heavy atom. The van der Waals surface area contributed by atoms with Gasteiger partial charge in [-0.2, -0.15) is 0 Å². The Labute approximate surface area is 132 Å². The van der Waals surface area contributed by atoms with Crippen LogP contribution in [0.5, 0.6) is 0 Å². The average Bonchev–Trinajstić information content (AvgIpc) is 2.55. The molecule has 0 aromatic carbocycles. The van der Waals surface area contributed by atoms with Gasteiger partial charge >= 0.3 is 0 Å². The molecule has 2 rings (SSSR count). The van der Waals surface area contributed by atoms with E-state index in [1.54, 1.807) is 0 Å². The molecule has 0 aliphatic carbocycles. The Hall–Kier alpha value is -0.400. The standard InChI is InChI=1S/C13H24O10/c1-4-7(16)10(19)12(6(3-15)21-4)23-13-11(20)9(18)8(17)5(2-14)22-13/h4-20H,2-3H2,1H3/t4-,5?,6?,7?,8-,9+,10-,11?,12+,13-/m1/s1. The molecule has 0 spiro atoms. The first-order chi connectivity index (χ1) is 10.8. The maximum Gasteiger partial charge on any atom is 0.187 e.